The van der Waals surface area contributed by atoms with E-state index in [-0.39, 0.29) is 36.5 Å². The first kappa shape index (κ1) is 24.4. The maximum absolute atomic E-state index is 12.5. The van der Waals surface area contributed by atoms with Crippen LogP contribution in [0.5, 0.6) is 5.88 Å². The summed E-state index contributed by atoms with van der Waals surface area (Å²) in [5.74, 6) is 0.835. The van der Waals surface area contributed by atoms with Gasteiger partial charge in [0.1, 0.15) is 6.61 Å². The van der Waals surface area contributed by atoms with Crippen molar-refractivity contribution in [3.05, 3.63) is 40.0 Å². The number of hydrogen-bond acceptors (Lipinski definition) is 5. The zero-order chi connectivity index (χ0) is 19.9. The summed E-state index contributed by atoms with van der Waals surface area (Å²) in [6, 6.07) is 2.15. The molecule has 2 aromatic rings. The lowest BCUT2D eigenvalue weighted by atomic mass is 10.3. The molecule has 0 aliphatic rings. The van der Waals surface area contributed by atoms with Crippen LogP contribution >= 0.6 is 35.3 Å². The minimum atomic E-state index is -4.41. The Bertz CT molecular complexity index is 752. The van der Waals surface area contributed by atoms with Crippen LogP contribution in [0.2, 0.25) is 0 Å². The molecule has 1 N–H and O–H groups in total. The third-order valence-electron chi connectivity index (χ3n) is 3.43. The molecule has 11 heteroatoms. The van der Waals surface area contributed by atoms with Gasteiger partial charge < -0.3 is 15.0 Å². The van der Waals surface area contributed by atoms with Crippen molar-refractivity contribution in [2.24, 2.45) is 4.99 Å². The van der Waals surface area contributed by atoms with Crippen LogP contribution in [0.15, 0.2) is 28.7 Å². The van der Waals surface area contributed by atoms with Crippen molar-refractivity contribution in [3.8, 4) is 5.88 Å². The van der Waals surface area contributed by atoms with Gasteiger partial charge in [-0.1, -0.05) is 0 Å². The number of rotatable bonds is 7. The molecule has 0 saturated heterocycles. The number of thiazole rings is 1. The van der Waals surface area contributed by atoms with Crippen molar-refractivity contribution in [1.82, 2.24) is 20.2 Å². The van der Waals surface area contributed by atoms with E-state index in [0.717, 1.165) is 23.0 Å². The Hall–Kier alpha value is -1.63. The fourth-order valence-corrected chi connectivity index (χ4v) is 2.81. The lowest BCUT2D eigenvalue weighted by Crippen LogP contribution is -2.38. The van der Waals surface area contributed by atoms with E-state index in [1.165, 1.54) is 6.07 Å². The Morgan fingerprint density at radius 2 is 2.11 bits per heavy atom. The number of nitrogens with zero attached hydrogens (tertiary/aromatic N) is 4. The minimum absolute atomic E-state index is 0. The highest BCUT2D eigenvalue weighted by atomic mass is 127. The summed E-state index contributed by atoms with van der Waals surface area (Å²) in [4.78, 5) is 14.5. The first-order valence-electron chi connectivity index (χ1n) is 8.36. The molecule has 0 saturated carbocycles. The average molecular weight is 529 g/mol. The summed E-state index contributed by atoms with van der Waals surface area (Å²) in [6.45, 7) is 5.81. The molecular weight excluding hydrogens is 506 g/mol. The van der Waals surface area contributed by atoms with Gasteiger partial charge in [0, 0.05) is 31.2 Å². The van der Waals surface area contributed by atoms with E-state index in [0.29, 0.717) is 25.6 Å². The smallest absolute Gasteiger partial charge is 0.417 e. The second-order valence-electron chi connectivity index (χ2n) is 5.68. The van der Waals surface area contributed by atoms with E-state index < -0.39 is 11.7 Å². The summed E-state index contributed by atoms with van der Waals surface area (Å²) in [5, 5.41) is 6.21. The number of nitrogens with one attached hydrogen (secondary N) is 1. The minimum Gasteiger partial charge on any atom is -0.476 e. The van der Waals surface area contributed by atoms with Crippen molar-refractivity contribution in [1.29, 1.82) is 0 Å². The number of halogens is 4. The predicted molar refractivity (Wildman–Crippen MR) is 114 cm³/mol. The van der Waals surface area contributed by atoms with Gasteiger partial charge in [0.2, 0.25) is 5.88 Å². The molecule has 2 heterocycles. The Balaban J connectivity index is 0.00000392. The van der Waals surface area contributed by atoms with Gasteiger partial charge in [-0.15, -0.1) is 35.3 Å². The average Bonchev–Trinajstić information content (AvgIpc) is 3.02. The van der Waals surface area contributed by atoms with Crippen LogP contribution in [-0.4, -0.2) is 47.6 Å². The molecule has 6 nitrogen and oxygen atoms in total. The fraction of sp³-hybridized carbons (Fsp3) is 0.471. The molecule has 0 fully saturated rings. The molecule has 0 amide bonds. The van der Waals surface area contributed by atoms with E-state index in [2.05, 4.69) is 20.3 Å². The molecule has 156 valence electrons. The number of alkyl halides is 3. The third-order valence-corrected chi connectivity index (χ3v) is 4.25. The van der Waals surface area contributed by atoms with Crippen molar-refractivity contribution in [3.63, 3.8) is 0 Å². The number of ether oxygens (including phenoxy) is 1. The number of aliphatic imine (C=N–C) groups is 1. The van der Waals surface area contributed by atoms with Gasteiger partial charge in [-0.05, 0) is 19.9 Å². The quantitative estimate of drug-likeness (QED) is 0.255. The third kappa shape index (κ3) is 7.78. The maximum atomic E-state index is 12.5. The molecule has 0 unspecified atom stereocenters. The number of guanidine groups is 1. The van der Waals surface area contributed by atoms with Gasteiger partial charge in [0.15, 0.2) is 5.96 Å². The molecule has 0 aliphatic heterocycles. The van der Waals surface area contributed by atoms with Crippen LogP contribution in [0.3, 0.4) is 0 Å². The number of aromatic nitrogens is 2. The first-order chi connectivity index (χ1) is 12.8. The van der Waals surface area contributed by atoms with E-state index in [1.54, 1.807) is 11.3 Å². The van der Waals surface area contributed by atoms with Gasteiger partial charge in [-0.2, -0.15) is 13.2 Å². The predicted octanol–water partition coefficient (Wildman–Crippen LogP) is 3.96. The molecule has 0 bridgehead atoms. The molecule has 0 atom stereocenters. The molecule has 0 radical (unpaired) electrons. The second kappa shape index (κ2) is 11.4. The highest BCUT2D eigenvalue weighted by Crippen LogP contribution is 2.29. The molecule has 0 aromatic carbocycles. The summed E-state index contributed by atoms with van der Waals surface area (Å²) in [5.41, 5.74) is 0.164. The van der Waals surface area contributed by atoms with Crippen molar-refractivity contribution in [2.75, 3.05) is 26.7 Å². The highest BCUT2D eigenvalue weighted by Gasteiger charge is 2.30. The summed E-state index contributed by atoms with van der Waals surface area (Å²) < 4.78 is 42.9. The van der Waals surface area contributed by atoms with Crippen LogP contribution in [0.25, 0.3) is 0 Å². The van der Waals surface area contributed by atoms with Crippen LogP contribution < -0.4 is 10.1 Å². The van der Waals surface area contributed by atoms with Crippen LogP contribution in [0, 0.1) is 6.92 Å². The number of aryl methyl sites for hydroxylation is 1. The monoisotopic (exact) mass is 529 g/mol. The largest absolute Gasteiger partial charge is 0.476 e. The maximum Gasteiger partial charge on any atom is 0.417 e. The highest BCUT2D eigenvalue weighted by molar-refractivity contribution is 14.0. The Morgan fingerprint density at radius 1 is 1.36 bits per heavy atom. The van der Waals surface area contributed by atoms with Gasteiger partial charge >= 0.3 is 6.18 Å². The zero-order valence-corrected chi connectivity index (χ0v) is 18.9. The van der Waals surface area contributed by atoms with E-state index in [1.807, 2.05) is 31.2 Å². The van der Waals surface area contributed by atoms with Crippen LogP contribution in [-0.2, 0) is 12.7 Å². The van der Waals surface area contributed by atoms with E-state index in [4.69, 9.17) is 4.74 Å². The molecular formula is C17H23F3IN5OS. The van der Waals surface area contributed by atoms with Crippen molar-refractivity contribution >= 4 is 41.3 Å². The number of hydrogen-bond donors (Lipinski definition) is 1. The molecule has 2 rings (SSSR count). The van der Waals surface area contributed by atoms with Crippen LogP contribution in [0.1, 0.15) is 23.2 Å². The van der Waals surface area contributed by atoms with Gasteiger partial charge in [-0.25, -0.2) is 15.0 Å². The van der Waals surface area contributed by atoms with Crippen molar-refractivity contribution in [2.45, 2.75) is 26.6 Å². The Morgan fingerprint density at radius 3 is 2.64 bits per heavy atom. The lowest BCUT2D eigenvalue weighted by Gasteiger charge is -2.21. The molecule has 0 spiro atoms. The summed E-state index contributed by atoms with van der Waals surface area (Å²) >= 11 is 1.60. The molecule has 0 aliphatic carbocycles. The van der Waals surface area contributed by atoms with Gasteiger partial charge in [0.25, 0.3) is 0 Å². The van der Waals surface area contributed by atoms with Crippen molar-refractivity contribution < 1.29 is 17.9 Å². The molecule has 28 heavy (non-hydrogen) atoms. The van der Waals surface area contributed by atoms with Gasteiger partial charge in [0.05, 0.1) is 29.4 Å². The van der Waals surface area contributed by atoms with Crippen LogP contribution in [0.4, 0.5) is 13.2 Å². The summed E-state index contributed by atoms with van der Waals surface area (Å²) in [7, 11) is 1.91. The number of pyridine rings is 1. The topological polar surface area (TPSA) is 62.6 Å². The zero-order valence-electron chi connectivity index (χ0n) is 15.8. The fourth-order valence-electron chi connectivity index (χ4n) is 2.20. The Kier molecular flexibility index (Phi) is 9.93. The normalized spacial score (nSPS) is 11.7. The second-order valence-corrected chi connectivity index (χ2v) is 6.74. The van der Waals surface area contributed by atoms with Gasteiger partial charge in [-0.3, -0.25) is 0 Å². The summed E-state index contributed by atoms with van der Waals surface area (Å²) in [6.07, 6.45) is -3.65. The first-order valence-corrected chi connectivity index (χ1v) is 9.24. The SMILES string of the molecule is CCNC(=NCCOc1ccc(C(F)(F)F)cn1)N(C)Cc1csc(C)n1.I. The van der Waals surface area contributed by atoms with E-state index >= 15 is 0 Å². The Labute approximate surface area is 183 Å². The van der Waals surface area contributed by atoms with E-state index in [9.17, 15) is 13.2 Å². The lowest BCUT2D eigenvalue weighted by molar-refractivity contribution is -0.137. The molecule has 2 aromatic heterocycles. The standard InChI is InChI=1S/C17H22F3N5OS.HI/c1-4-21-16(25(3)10-14-11-27-12(2)24-14)22-7-8-26-15-6-5-13(9-23-15)17(18,19)20;/h5-6,9,11H,4,7-8,10H2,1-3H3,(H,21,22);1H.